The Bertz CT molecular complexity index is 346. The Hall–Kier alpha value is -1.06. The molecule has 2 atom stereocenters. The van der Waals surface area contributed by atoms with Crippen molar-refractivity contribution in [2.24, 2.45) is 0 Å². The van der Waals surface area contributed by atoms with Gasteiger partial charge < -0.3 is 15.2 Å². The highest BCUT2D eigenvalue weighted by Crippen LogP contribution is 2.19. The summed E-state index contributed by atoms with van der Waals surface area (Å²) < 4.78 is 5.59. The molecule has 0 spiro atoms. The summed E-state index contributed by atoms with van der Waals surface area (Å²) in [6.07, 6.45) is 0.683. The van der Waals surface area contributed by atoms with Crippen molar-refractivity contribution >= 4 is 0 Å². The molecule has 1 rings (SSSR count). The van der Waals surface area contributed by atoms with Crippen LogP contribution in [0.25, 0.3) is 0 Å². The van der Waals surface area contributed by atoms with E-state index in [0.29, 0.717) is 19.1 Å². The van der Waals surface area contributed by atoms with Gasteiger partial charge in [0.1, 0.15) is 12.4 Å². The third-order valence-electron chi connectivity index (χ3n) is 3.20. The second kappa shape index (κ2) is 6.76. The zero-order valence-corrected chi connectivity index (χ0v) is 11.9. The Labute approximate surface area is 110 Å². The molecule has 1 aromatic carbocycles. The van der Waals surface area contributed by atoms with E-state index in [1.807, 2.05) is 19.1 Å². The number of rotatable bonds is 7. The van der Waals surface area contributed by atoms with Crippen LogP contribution in [0.2, 0.25) is 0 Å². The average molecular weight is 251 g/mol. The number of hydrogen-bond acceptors (Lipinski definition) is 3. The van der Waals surface area contributed by atoms with E-state index >= 15 is 0 Å². The summed E-state index contributed by atoms with van der Waals surface area (Å²) in [5, 5.41) is 13.2. The molecule has 0 amide bonds. The zero-order valence-electron chi connectivity index (χ0n) is 11.9. The van der Waals surface area contributed by atoms with Gasteiger partial charge in [0.05, 0.1) is 5.60 Å². The van der Waals surface area contributed by atoms with Crippen LogP contribution in [0.1, 0.15) is 45.7 Å². The fourth-order valence-electron chi connectivity index (χ4n) is 1.62. The molecule has 0 fully saturated rings. The van der Waals surface area contributed by atoms with Crippen LogP contribution in [-0.2, 0) is 0 Å². The molecule has 0 aliphatic carbocycles. The minimum absolute atomic E-state index is 0.325. The first kappa shape index (κ1) is 15.0. The van der Waals surface area contributed by atoms with Crippen LogP contribution in [0, 0.1) is 0 Å². The van der Waals surface area contributed by atoms with Crippen LogP contribution in [0.3, 0.4) is 0 Å². The van der Waals surface area contributed by atoms with Crippen molar-refractivity contribution in [3.63, 3.8) is 0 Å². The van der Waals surface area contributed by atoms with Gasteiger partial charge in [0.2, 0.25) is 0 Å². The van der Waals surface area contributed by atoms with Crippen LogP contribution in [0.4, 0.5) is 0 Å². The molecule has 0 aliphatic heterocycles. The molecular formula is C15H25NO2. The van der Waals surface area contributed by atoms with E-state index in [9.17, 15) is 5.11 Å². The van der Waals surface area contributed by atoms with Crippen molar-refractivity contribution in [2.45, 2.75) is 45.8 Å². The second-order valence-electron chi connectivity index (χ2n) is 4.99. The average Bonchev–Trinajstić information content (AvgIpc) is 2.37. The lowest BCUT2D eigenvalue weighted by atomic mass is 10.1. The lowest BCUT2D eigenvalue weighted by Gasteiger charge is -2.21. The molecule has 0 saturated heterocycles. The molecule has 2 unspecified atom stereocenters. The summed E-state index contributed by atoms with van der Waals surface area (Å²) in [5.74, 6) is 0.802. The molecule has 1 aromatic rings. The number of ether oxygens (including phenoxy) is 1. The van der Waals surface area contributed by atoms with E-state index in [2.05, 4.69) is 31.3 Å². The lowest BCUT2D eigenvalue weighted by molar-refractivity contribution is 0.00846. The van der Waals surface area contributed by atoms with Gasteiger partial charge in [-0.15, -0.1) is 0 Å². The summed E-state index contributed by atoms with van der Waals surface area (Å²) >= 11 is 0. The first-order valence-corrected chi connectivity index (χ1v) is 6.67. The van der Waals surface area contributed by atoms with E-state index in [1.165, 1.54) is 5.56 Å². The van der Waals surface area contributed by atoms with Gasteiger partial charge in [-0.1, -0.05) is 26.0 Å². The maximum atomic E-state index is 9.86. The first-order valence-electron chi connectivity index (χ1n) is 6.67. The number of aliphatic hydroxyl groups is 1. The van der Waals surface area contributed by atoms with Crippen molar-refractivity contribution < 1.29 is 9.84 Å². The van der Waals surface area contributed by atoms with Gasteiger partial charge in [0, 0.05) is 6.04 Å². The molecule has 2 N–H and O–H groups in total. The summed E-state index contributed by atoms with van der Waals surface area (Å²) in [5.41, 5.74) is 0.488. The topological polar surface area (TPSA) is 41.5 Å². The highest BCUT2D eigenvalue weighted by Gasteiger charge is 2.18. The van der Waals surface area contributed by atoms with E-state index in [0.717, 1.165) is 12.3 Å². The van der Waals surface area contributed by atoms with Crippen molar-refractivity contribution in [1.82, 2.24) is 5.32 Å². The Kier molecular flexibility index (Phi) is 5.63. The quantitative estimate of drug-likeness (QED) is 0.783. The van der Waals surface area contributed by atoms with E-state index in [4.69, 9.17) is 4.74 Å². The van der Waals surface area contributed by atoms with Crippen LogP contribution >= 0.6 is 0 Å². The summed E-state index contributed by atoms with van der Waals surface area (Å²) in [4.78, 5) is 0. The van der Waals surface area contributed by atoms with Crippen LogP contribution in [0.5, 0.6) is 5.75 Å². The fourth-order valence-corrected chi connectivity index (χ4v) is 1.62. The third-order valence-corrected chi connectivity index (χ3v) is 3.20. The van der Waals surface area contributed by atoms with Crippen LogP contribution < -0.4 is 10.1 Å². The van der Waals surface area contributed by atoms with E-state index < -0.39 is 5.60 Å². The molecule has 102 valence electrons. The minimum Gasteiger partial charge on any atom is -0.491 e. The number of nitrogens with one attached hydrogen (secondary N) is 1. The van der Waals surface area contributed by atoms with Gasteiger partial charge in [0.25, 0.3) is 0 Å². The lowest BCUT2D eigenvalue weighted by Crippen LogP contribution is -2.31. The largest absolute Gasteiger partial charge is 0.491 e. The highest BCUT2D eigenvalue weighted by molar-refractivity contribution is 5.29. The van der Waals surface area contributed by atoms with Gasteiger partial charge >= 0.3 is 0 Å². The molecule has 0 aromatic heterocycles. The highest BCUT2D eigenvalue weighted by atomic mass is 16.5. The molecular weight excluding hydrogens is 226 g/mol. The maximum Gasteiger partial charge on any atom is 0.119 e. The predicted molar refractivity (Wildman–Crippen MR) is 74.9 cm³/mol. The molecule has 0 aliphatic rings. The van der Waals surface area contributed by atoms with Crippen LogP contribution in [0.15, 0.2) is 24.3 Å². The van der Waals surface area contributed by atoms with E-state index in [1.54, 1.807) is 6.92 Å². The predicted octanol–water partition coefficient (Wildman–Crippen LogP) is 2.90. The normalized spacial score (nSPS) is 16.1. The summed E-state index contributed by atoms with van der Waals surface area (Å²) in [6.45, 7) is 9.26. The number of hydrogen-bond donors (Lipinski definition) is 2. The smallest absolute Gasteiger partial charge is 0.119 e. The monoisotopic (exact) mass is 251 g/mol. The summed E-state index contributed by atoms with van der Waals surface area (Å²) in [6, 6.07) is 8.37. The molecule has 0 radical (unpaired) electrons. The first-order chi connectivity index (χ1) is 8.48. The third kappa shape index (κ3) is 4.67. The molecule has 18 heavy (non-hydrogen) atoms. The molecule has 0 bridgehead atoms. The van der Waals surface area contributed by atoms with E-state index in [-0.39, 0.29) is 0 Å². The summed E-state index contributed by atoms with van der Waals surface area (Å²) in [7, 11) is 0. The second-order valence-corrected chi connectivity index (χ2v) is 4.99. The van der Waals surface area contributed by atoms with Gasteiger partial charge in [-0.25, -0.2) is 0 Å². The molecule has 3 heteroatoms. The van der Waals surface area contributed by atoms with Crippen LogP contribution in [-0.4, -0.2) is 23.9 Å². The Balaban J connectivity index is 2.55. The maximum absolute atomic E-state index is 9.86. The fraction of sp³-hybridized carbons (Fsp3) is 0.600. The molecule has 3 nitrogen and oxygen atoms in total. The standard InChI is InChI=1S/C15H25NO2/c1-5-15(4,17)11-18-14-9-7-13(8-10-14)12(3)16-6-2/h7-10,12,16-17H,5-6,11H2,1-4H3. The van der Waals surface area contributed by atoms with Gasteiger partial charge in [-0.3, -0.25) is 0 Å². The Morgan fingerprint density at radius 3 is 2.39 bits per heavy atom. The Morgan fingerprint density at radius 2 is 1.89 bits per heavy atom. The Morgan fingerprint density at radius 1 is 1.28 bits per heavy atom. The SMILES string of the molecule is CCNC(C)c1ccc(OCC(C)(O)CC)cc1. The van der Waals surface area contributed by atoms with Gasteiger partial charge in [-0.2, -0.15) is 0 Å². The number of benzene rings is 1. The van der Waals surface area contributed by atoms with Crippen molar-refractivity contribution in [3.8, 4) is 5.75 Å². The van der Waals surface area contributed by atoms with Crippen molar-refractivity contribution in [3.05, 3.63) is 29.8 Å². The van der Waals surface area contributed by atoms with Crippen molar-refractivity contribution in [1.29, 1.82) is 0 Å². The van der Waals surface area contributed by atoms with Gasteiger partial charge in [0.15, 0.2) is 0 Å². The van der Waals surface area contributed by atoms with Crippen molar-refractivity contribution in [2.75, 3.05) is 13.2 Å². The molecule has 0 saturated carbocycles. The zero-order chi connectivity index (χ0) is 13.6. The molecule has 0 heterocycles. The van der Waals surface area contributed by atoms with Gasteiger partial charge in [-0.05, 0) is 44.5 Å². The minimum atomic E-state index is -0.754.